The molecule has 0 saturated carbocycles. The maximum absolute atomic E-state index is 14.4. The Morgan fingerprint density at radius 3 is 2.74 bits per heavy atom. The molecule has 5 rings (SSSR count). The molecule has 162 valence electrons. The minimum absolute atomic E-state index is 0.00876. The van der Waals surface area contributed by atoms with Crippen LogP contribution in [0, 0.1) is 5.82 Å². The summed E-state index contributed by atoms with van der Waals surface area (Å²) < 4.78 is 20.3. The highest BCUT2D eigenvalue weighted by Crippen LogP contribution is 2.40. The van der Waals surface area contributed by atoms with Crippen LogP contribution in [0.3, 0.4) is 0 Å². The fourth-order valence-electron chi connectivity index (χ4n) is 4.78. The van der Waals surface area contributed by atoms with Crippen LogP contribution in [0.1, 0.15) is 31.4 Å². The summed E-state index contributed by atoms with van der Waals surface area (Å²) in [7, 11) is 0. The van der Waals surface area contributed by atoms with Gasteiger partial charge < -0.3 is 10.2 Å². The van der Waals surface area contributed by atoms with E-state index in [1.54, 1.807) is 23.7 Å². The van der Waals surface area contributed by atoms with E-state index in [2.05, 4.69) is 43.8 Å². The van der Waals surface area contributed by atoms with Gasteiger partial charge in [0, 0.05) is 55.6 Å². The van der Waals surface area contributed by atoms with Gasteiger partial charge in [0.05, 0.1) is 4.70 Å². The third kappa shape index (κ3) is 3.92. The second kappa shape index (κ2) is 7.88. The van der Waals surface area contributed by atoms with Crippen LogP contribution < -0.4 is 10.2 Å². The van der Waals surface area contributed by atoms with Crippen molar-refractivity contribution in [2.24, 2.45) is 0 Å². The molecule has 3 heterocycles. The Labute approximate surface area is 186 Å². The molecule has 0 aliphatic carbocycles. The van der Waals surface area contributed by atoms with Crippen molar-refractivity contribution < 1.29 is 9.18 Å². The number of nitrogens with zero attached hydrogens (tertiary/aromatic N) is 3. The van der Waals surface area contributed by atoms with Gasteiger partial charge in [-0.2, -0.15) is 4.37 Å². The third-order valence-electron chi connectivity index (χ3n) is 6.51. The van der Waals surface area contributed by atoms with Gasteiger partial charge in [-0.05, 0) is 53.3 Å². The van der Waals surface area contributed by atoms with Crippen molar-refractivity contribution in [3.8, 4) is 0 Å². The summed E-state index contributed by atoms with van der Waals surface area (Å²) >= 11 is 1.55. The highest BCUT2D eigenvalue weighted by Gasteiger charge is 2.34. The number of piperazine rings is 1. The number of hydrogen-bond acceptors (Lipinski definition) is 5. The van der Waals surface area contributed by atoms with Crippen LogP contribution in [0.15, 0.2) is 36.4 Å². The van der Waals surface area contributed by atoms with Crippen LogP contribution in [0.2, 0.25) is 0 Å². The number of rotatable bonds is 4. The molecule has 1 aromatic heterocycles. The van der Waals surface area contributed by atoms with Crippen molar-refractivity contribution >= 4 is 39.0 Å². The number of nitrogens with one attached hydrogen (secondary N) is 1. The van der Waals surface area contributed by atoms with Gasteiger partial charge in [0.15, 0.2) is 0 Å². The molecule has 0 spiro atoms. The fourth-order valence-corrected chi connectivity index (χ4v) is 5.58. The molecule has 5 nitrogen and oxygen atoms in total. The number of hydrogen-bond donors (Lipinski definition) is 1. The molecule has 0 bridgehead atoms. The van der Waals surface area contributed by atoms with E-state index in [0.717, 1.165) is 61.8 Å². The zero-order chi connectivity index (χ0) is 21.6. The molecule has 2 aromatic carbocycles. The average Bonchev–Trinajstić information content (AvgIpc) is 3.17. The van der Waals surface area contributed by atoms with Crippen molar-refractivity contribution in [3.05, 3.63) is 53.3 Å². The Kier molecular flexibility index (Phi) is 5.18. The predicted octanol–water partition coefficient (Wildman–Crippen LogP) is 4.42. The normalized spacial score (nSPS) is 18.8. The Hall–Kier alpha value is -2.51. The second-order valence-electron chi connectivity index (χ2n) is 9.18. The first-order valence-electron chi connectivity index (χ1n) is 10.9. The molecule has 3 aromatic rings. The zero-order valence-corrected chi connectivity index (χ0v) is 18.8. The van der Waals surface area contributed by atoms with Gasteiger partial charge in [0.25, 0.3) is 0 Å². The molecule has 1 fully saturated rings. The van der Waals surface area contributed by atoms with Gasteiger partial charge in [-0.3, -0.25) is 9.69 Å². The van der Waals surface area contributed by atoms with Gasteiger partial charge in [0.1, 0.15) is 11.6 Å². The molecule has 1 N–H and O–H groups in total. The summed E-state index contributed by atoms with van der Waals surface area (Å²) in [6.07, 6.45) is 1.10. The van der Waals surface area contributed by atoms with E-state index in [9.17, 15) is 9.18 Å². The van der Waals surface area contributed by atoms with E-state index in [4.69, 9.17) is 0 Å². The number of fused-ring (bicyclic) bond motifs is 2. The van der Waals surface area contributed by atoms with Gasteiger partial charge in [-0.25, -0.2) is 4.39 Å². The fraction of sp³-hybridized carbons (Fsp3) is 0.417. The number of halogens is 1. The molecule has 1 saturated heterocycles. The summed E-state index contributed by atoms with van der Waals surface area (Å²) in [6.45, 7) is 8.61. The molecule has 0 radical (unpaired) electrons. The van der Waals surface area contributed by atoms with Crippen molar-refractivity contribution in [2.75, 3.05) is 42.9 Å². The molecule has 7 heteroatoms. The van der Waals surface area contributed by atoms with Gasteiger partial charge in [-0.1, -0.05) is 26.0 Å². The zero-order valence-electron chi connectivity index (χ0n) is 17.9. The molecule has 2 aliphatic heterocycles. The van der Waals surface area contributed by atoms with Crippen LogP contribution >= 0.6 is 11.5 Å². The Bertz CT molecular complexity index is 1130. The summed E-state index contributed by atoms with van der Waals surface area (Å²) in [5, 5.41) is 4.23. The van der Waals surface area contributed by atoms with E-state index in [0.29, 0.717) is 6.42 Å². The minimum atomic E-state index is -0.351. The van der Waals surface area contributed by atoms with Crippen LogP contribution in [0.4, 0.5) is 15.9 Å². The van der Waals surface area contributed by atoms with E-state index < -0.39 is 0 Å². The first kappa shape index (κ1) is 20.4. The number of amides is 1. The lowest BCUT2D eigenvalue weighted by Crippen LogP contribution is -2.47. The predicted molar refractivity (Wildman–Crippen MR) is 125 cm³/mol. The number of aromatic nitrogens is 1. The summed E-state index contributed by atoms with van der Waals surface area (Å²) in [6, 6.07) is 11.5. The van der Waals surface area contributed by atoms with Gasteiger partial charge in [0.2, 0.25) is 5.91 Å². The molecule has 31 heavy (non-hydrogen) atoms. The maximum Gasteiger partial charge on any atom is 0.225 e. The monoisotopic (exact) mass is 438 g/mol. The van der Waals surface area contributed by atoms with Crippen molar-refractivity contribution in [1.29, 1.82) is 0 Å². The Morgan fingerprint density at radius 2 is 1.94 bits per heavy atom. The van der Waals surface area contributed by atoms with Gasteiger partial charge in [-0.15, -0.1) is 0 Å². The highest BCUT2D eigenvalue weighted by molar-refractivity contribution is 7.13. The molecule has 1 amide bonds. The van der Waals surface area contributed by atoms with Crippen molar-refractivity contribution in [3.63, 3.8) is 0 Å². The number of anilines is 2. The van der Waals surface area contributed by atoms with E-state index in [-0.39, 0.29) is 17.1 Å². The van der Waals surface area contributed by atoms with Crippen LogP contribution in [0.5, 0.6) is 0 Å². The SMILES string of the molecule is CC1(C)CC(=O)Nc2c(CCN3CCN(c4nsc5ccccc45)CC3)cc(F)cc21. The first-order chi connectivity index (χ1) is 14.9. The largest absolute Gasteiger partial charge is 0.353 e. The number of carbonyl (C=O) groups is 1. The Morgan fingerprint density at radius 1 is 1.16 bits per heavy atom. The van der Waals surface area contributed by atoms with Crippen molar-refractivity contribution in [1.82, 2.24) is 9.27 Å². The number of carbonyl (C=O) groups excluding carboxylic acids is 1. The lowest BCUT2D eigenvalue weighted by Gasteiger charge is -2.36. The van der Waals surface area contributed by atoms with Crippen LogP contribution in [0.25, 0.3) is 10.1 Å². The van der Waals surface area contributed by atoms with E-state index >= 15 is 0 Å². The number of benzene rings is 2. The topological polar surface area (TPSA) is 48.5 Å². The van der Waals surface area contributed by atoms with E-state index in [1.165, 1.54) is 10.1 Å². The third-order valence-corrected chi connectivity index (χ3v) is 7.33. The van der Waals surface area contributed by atoms with Crippen LogP contribution in [-0.4, -0.2) is 47.9 Å². The van der Waals surface area contributed by atoms with Crippen molar-refractivity contribution in [2.45, 2.75) is 32.1 Å². The smallest absolute Gasteiger partial charge is 0.225 e. The standard InChI is InChI=1S/C24H27FN4OS/c1-24(2)15-21(30)26-22-16(13-17(25)14-19(22)24)7-8-28-9-11-29(12-10-28)23-18-5-3-4-6-20(18)31-27-23/h3-6,13-14H,7-12,15H2,1-2H3,(H,26,30). The molecular weight excluding hydrogens is 411 g/mol. The summed E-state index contributed by atoms with van der Waals surface area (Å²) in [5.74, 6) is 0.872. The lowest BCUT2D eigenvalue weighted by molar-refractivity contribution is -0.117. The Balaban J connectivity index is 1.26. The first-order valence-corrected chi connectivity index (χ1v) is 11.6. The summed E-state index contributed by atoms with van der Waals surface area (Å²) in [4.78, 5) is 17.0. The maximum atomic E-state index is 14.4. The second-order valence-corrected chi connectivity index (χ2v) is 9.98. The molecule has 0 atom stereocenters. The molecule has 0 unspecified atom stereocenters. The molecular formula is C24H27FN4OS. The highest BCUT2D eigenvalue weighted by atomic mass is 32.1. The molecule has 2 aliphatic rings. The van der Waals surface area contributed by atoms with E-state index in [1.807, 2.05) is 13.8 Å². The summed E-state index contributed by atoms with van der Waals surface area (Å²) in [5.41, 5.74) is 2.26. The quantitative estimate of drug-likeness (QED) is 0.655. The average molecular weight is 439 g/mol. The van der Waals surface area contributed by atoms with Crippen LogP contribution in [-0.2, 0) is 16.6 Å². The lowest BCUT2D eigenvalue weighted by atomic mass is 9.77. The minimum Gasteiger partial charge on any atom is -0.353 e. The van der Waals surface area contributed by atoms with Gasteiger partial charge >= 0.3 is 0 Å².